The molecule has 0 radical (unpaired) electrons. The van der Waals surface area contributed by atoms with Gasteiger partial charge in [0.05, 0.1) is 29.3 Å². The standard InChI is InChI=1S/C24H24N6O/c1-29-13-20(11-27-29)30-7-4-17(12-30)22(31)28-21-9-18-8-19(3-2-16(18)10-26-21)24(15-25)14-23(24)5-6-23/h2-3,8-11,13,17H,4-7,12,14H2,1H3,(H,26,28,31)/t17-,24+/m1/s1. The molecule has 1 spiro atoms. The lowest BCUT2D eigenvalue weighted by Gasteiger charge is -2.16. The van der Waals surface area contributed by atoms with Crippen molar-refractivity contribution >= 4 is 28.2 Å². The van der Waals surface area contributed by atoms with Gasteiger partial charge in [0.25, 0.3) is 0 Å². The summed E-state index contributed by atoms with van der Waals surface area (Å²) in [5, 5.41) is 19.1. The van der Waals surface area contributed by atoms with E-state index in [1.165, 1.54) is 0 Å². The van der Waals surface area contributed by atoms with Crippen LogP contribution < -0.4 is 10.2 Å². The van der Waals surface area contributed by atoms with Gasteiger partial charge in [-0.1, -0.05) is 12.1 Å². The van der Waals surface area contributed by atoms with Crippen LogP contribution in [0.2, 0.25) is 0 Å². The van der Waals surface area contributed by atoms with Gasteiger partial charge in [0.2, 0.25) is 5.91 Å². The van der Waals surface area contributed by atoms with Gasteiger partial charge in [-0.2, -0.15) is 10.4 Å². The number of anilines is 2. The molecule has 156 valence electrons. The van der Waals surface area contributed by atoms with Gasteiger partial charge >= 0.3 is 0 Å². The average Bonchev–Trinajstić information content (AvgIpc) is 3.53. The number of pyridine rings is 1. The lowest BCUT2D eigenvalue weighted by molar-refractivity contribution is -0.119. The molecule has 3 heterocycles. The number of aryl methyl sites for hydroxylation is 1. The topological polar surface area (TPSA) is 86.8 Å². The molecule has 1 N–H and O–H groups in total. The first-order chi connectivity index (χ1) is 15.0. The first kappa shape index (κ1) is 18.4. The normalized spacial score (nSPS) is 25.5. The van der Waals surface area contributed by atoms with Gasteiger partial charge in [-0.05, 0) is 54.2 Å². The lowest BCUT2D eigenvalue weighted by Crippen LogP contribution is -2.27. The number of hydrogen-bond acceptors (Lipinski definition) is 5. The van der Waals surface area contributed by atoms with Crippen LogP contribution in [0.1, 0.15) is 31.2 Å². The Morgan fingerprint density at radius 1 is 1.26 bits per heavy atom. The summed E-state index contributed by atoms with van der Waals surface area (Å²) in [5.41, 5.74) is 2.08. The van der Waals surface area contributed by atoms with E-state index in [0.29, 0.717) is 12.4 Å². The van der Waals surface area contributed by atoms with E-state index < -0.39 is 0 Å². The van der Waals surface area contributed by atoms with E-state index in [-0.39, 0.29) is 22.7 Å². The van der Waals surface area contributed by atoms with Crippen molar-refractivity contribution in [2.45, 2.75) is 31.1 Å². The second-order valence-corrected chi connectivity index (χ2v) is 9.40. The van der Waals surface area contributed by atoms with E-state index in [1.54, 1.807) is 10.9 Å². The fourth-order valence-corrected chi connectivity index (χ4v) is 5.33. The smallest absolute Gasteiger partial charge is 0.230 e. The summed E-state index contributed by atoms with van der Waals surface area (Å²) in [7, 11) is 1.90. The Hall–Kier alpha value is -3.40. The number of benzene rings is 1. The Balaban J connectivity index is 1.19. The summed E-state index contributed by atoms with van der Waals surface area (Å²) in [6, 6.07) is 10.7. The molecular formula is C24H24N6O. The molecule has 3 fully saturated rings. The van der Waals surface area contributed by atoms with Crippen LogP contribution in [0.4, 0.5) is 11.5 Å². The molecule has 6 rings (SSSR count). The molecule has 3 aliphatic rings. The second-order valence-electron chi connectivity index (χ2n) is 9.40. The fraction of sp³-hybridized carbons (Fsp3) is 0.417. The molecular weight excluding hydrogens is 388 g/mol. The molecule has 1 amide bonds. The summed E-state index contributed by atoms with van der Waals surface area (Å²) < 4.78 is 1.78. The highest BCUT2D eigenvalue weighted by atomic mass is 16.2. The Kier molecular flexibility index (Phi) is 3.73. The van der Waals surface area contributed by atoms with Gasteiger partial charge in [-0.3, -0.25) is 9.48 Å². The maximum Gasteiger partial charge on any atom is 0.230 e. The molecule has 0 unspecified atom stereocenters. The van der Waals surface area contributed by atoms with Crippen molar-refractivity contribution in [3.05, 3.63) is 48.4 Å². The van der Waals surface area contributed by atoms with Gasteiger partial charge in [-0.15, -0.1) is 0 Å². The number of rotatable bonds is 4. The molecule has 7 heteroatoms. The average molecular weight is 412 g/mol. The number of carbonyl (C=O) groups is 1. The highest BCUT2D eigenvalue weighted by molar-refractivity contribution is 5.95. The molecule has 31 heavy (non-hydrogen) atoms. The van der Waals surface area contributed by atoms with Crippen molar-refractivity contribution in [2.75, 3.05) is 23.3 Å². The van der Waals surface area contributed by atoms with Crippen LogP contribution in [0.25, 0.3) is 10.8 Å². The van der Waals surface area contributed by atoms with Crippen LogP contribution in [-0.4, -0.2) is 33.8 Å². The van der Waals surface area contributed by atoms with E-state index in [9.17, 15) is 10.1 Å². The van der Waals surface area contributed by atoms with E-state index >= 15 is 0 Å². The molecule has 1 saturated heterocycles. The van der Waals surface area contributed by atoms with Crippen molar-refractivity contribution in [2.24, 2.45) is 18.4 Å². The fourth-order valence-electron chi connectivity index (χ4n) is 5.33. The maximum absolute atomic E-state index is 12.9. The molecule has 1 aliphatic heterocycles. The molecule has 2 aliphatic carbocycles. The van der Waals surface area contributed by atoms with Crippen molar-refractivity contribution in [3.8, 4) is 6.07 Å². The summed E-state index contributed by atoms with van der Waals surface area (Å²) in [5.74, 6) is 0.492. The molecule has 2 aromatic heterocycles. The van der Waals surface area contributed by atoms with Crippen LogP contribution in [0.5, 0.6) is 0 Å². The quantitative estimate of drug-likeness (QED) is 0.710. The highest BCUT2D eigenvalue weighted by Gasteiger charge is 2.75. The maximum atomic E-state index is 12.9. The summed E-state index contributed by atoms with van der Waals surface area (Å²) in [6.07, 6.45) is 9.72. The molecule has 2 saturated carbocycles. The Labute approximate surface area is 180 Å². The minimum absolute atomic E-state index is 0.00187. The number of fused-ring (bicyclic) bond motifs is 1. The van der Waals surface area contributed by atoms with E-state index in [2.05, 4.69) is 38.5 Å². The number of hydrogen-bond donors (Lipinski definition) is 1. The van der Waals surface area contributed by atoms with Crippen molar-refractivity contribution in [1.29, 1.82) is 5.26 Å². The van der Waals surface area contributed by atoms with Crippen molar-refractivity contribution in [1.82, 2.24) is 14.8 Å². The molecule has 2 atom stereocenters. The van der Waals surface area contributed by atoms with Gasteiger partial charge in [-0.25, -0.2) is 4.98 Å². The number of amides is 1. The largest absolute Gasteiger partial charge is 0.368 e. The number of nitrogens with zero attached hydrogens (tertiary/aromatic N) is 5. The van der Waals surface area contributed by atoms with E-state index in [4.69, 9.17) is 0 Å². The van der Waals surface area contributed by atoms with Crippen LogP contribution in [-0.2, 0) is 17.3 Å². The van der Waals surface area contributed by atoms with Crippen LogP contribution >= 0.6 is 0 Å². The molecule has 3 aromatic rings. The first-order valence-corrected chi connectivity index (χ1v) is 10.9. The van der Waals surface area contributed by atoms with Gasteiger partial charge in [0.15, 0.2) is 0 Å². The first-order valence-electron chi connectivity index (χ1n) is 10.9. The summed E-state index contributed by atoms with van der Waals surface area (Å²) in [6.45, 7) is 1.53. The van der Waals surface area contributed by atoms with Crippen LogP contribution in [0, 0.1) is 22.7 Å². The monoisotopic (exact) mass is 412 g/mol. The summed E-state index contributed by atoms with van der Waals surface area (Å²) >= 11 is 0. The number of nitriles is 1. The molecule has 1 aromatic carbocycles. The van der Waals surface area contributed by atoms with Crippen LogP contribution in [0.15, 0.2) is 42.9 Å². The number of carbonyl (C=O) groups excluding carboxylic acids is 1. The van der Waals surface area contributed by atoms with E-state index in [0.717, 1.165) is 54.3 Å². The SMILES string of the molecule is Cn1cc(N2CC[C@@H](C(=O)Nc3cc4cc([C@@]5(C#N)CC56CC6)ccc4cn3)C2)cn1. The zero-order valence-electron chi connectivity index (χ0n) is 17.5. The Bertz CT molecular complexity index is 1250. The molecule has 0 bridgehead atoms. The third-order valence-corrected chi connectivity index (χ3v) is 7.51. The van der Waals surface area contributed by atoms with Crippen molar-refractivity contribution < 1.29 is 4.79 Å². The van der Waals surface area contributed by atoms with Crippen LogP contribution in [0.3, 0.4) is 0 Å². The predicted molar refractivity (Wildman–Crippen MR) is 117 cm³/mol. The lowest BCUT2D eigenvalue weighted by atomic mass is 9.92. The zero-order chi connectivity index (χ0) is 21.2. The minimum Gasteiger partial charge on any atom is -0.368 e. The third kappa shape index (κ3) is 2.82. The second kappa shape index (κ2) is 6.30. The Morgan fingerprint density at radius 2 is 2.13 bits per heavy atom. The zero-order valence-corrected chi connectivity index (χ0v) is 17.5. The van der Waals surface area contributed by atoms with Gasteiger partial charge in [0.1, 0.15) is 5.82 Å². The van der Waals surface area contributed by atoms with E-state index in [1.807, 2.05) is 31.6 Å². The van der Waals surface area contributed by atoms with Gasteiger partial charge in [0, 0.05) is 37.9 Å². The summed E-state index contributed by atoms with van der Waals surface area (Å²) in [4.78, 5) is 19.5. The number of aromatic nitrogens is 3. The third-order valence-electron chi connectivity index (χ3n) is 7.51. The van der Waals surface area contributed by atoms with Crippen molar-refractivity contribution in [3.63, 3.8) is 0 Å². The Morgan fingerprint density at radius 3 is 2.84 bits per heavy atom. The molecule has 7 nitrogen and oxygen atoms in total. The van der Waals surface area contributed by atoms with Gasteiger partial charge < -0.3 is 10.2 Å². The number of nitrogens with one attached hydrogen (secondary N) is 1. The predicted octanol–water partition coefficient (Wildman–Crippen LogP) is 3.38. The highest BCUT2D eigenvalue weighted by Crippen LogP contribution is 2.78. The minimum atomic E-state index is -0.312.